The molecule has 0 saturated carbocycles. The second-order valence-corrected chi connectivity index (χ2v) is 42.1. The summed E-state index contributed by atoms with van der Waals surface area (Å²) >= 11 is 8.35. The van der Waals surface area contributed by atoms with Crippen LogP contribution in [0.25, 0.3) is 207 Å². The van der Waals surface area contributed by atoms with E-state index in [-0.39, 0.29) is 21.7 Å². The Morgan fingerprint density at radius 1 is 0.220 bits per heavy atom. The molecule has 0 spiro atoms. The third-order valence-electron chi connectivity index (χ3n) is 26.9. The molecule has 9 nitrogen and oxygen atoms in total. The summed E-state index contributed by atoms with van der Waals surface area (Å²) in [4.78, 5) is 0. The average molecular weight is 1930 g/mol. The molecule has 0 atom stereocenters. The van der Waals surface area contributed by atoms with Crippen LogP contribution < -0.4 is 0 Å². The predicted molar refractivity (Wildman–Crippen MR) is 555 cm³/mol. The molecule has 0 aliphatic rings. The van der Waals surface area contributed by atoms with Gasteiger partial charge in [-0.15, -0.1) is 0 Å². The van der Waals surface area contributed by atoms with Gasteiger partial charge in [0.1, 0.15) is 0 Å². The highest BCUT2D eigenvalue weighted by molar-refractivity contribution is 14.1. The number of nitrogens with zero attached hydrogens (tertiary/aromatic N) is 9. The van der Waals surface area contributed by atoms with Crippen LogP contribution in [0.15, 0.2) is 296 Å². The quantitative estimate of drug-likeness (QED) is 0.161. The van der Waals surface area contributed by atoms with Crippen LogP contribution in [0.2, 0.25) is 0 Å². The number of para-hydroxylation sites is 4. The number of benzene rings is 16. The number of aromatic nitrogens is 6. The minimum absolute atomic E-state index is 0.0295. The number of nitriles is 3. The summed E-state index contributed by atoms with van der Waals surface area (Å²) in [6, 6.07) is 113. The molecule has 0 fully saturated rings. The second kappa shape index (κ2) is 28.1. The monoisotopic (exact) mass is 1920 g/mol. The van der Waals surface area contributed by atoms with Gasteiger partial charge in [-0.3, -0.25) is 0 Å². The molecule has 0 saturated heterocycles. The molecule has 0 aliphatic carbocycles. The molecule has 0 amide bonds. The summed E-state index contributed by atoms with van der Waals surface area (Å²) in [6.45, 7) is 27.5. The Balaban J connectivity index is 0.000000115. The van der Waals surface area contributed by atoms with Gasteiger partial charge in [0.15, 0.2) is 0 Å². The molecule has 0 N–H and O–H groups in total. The molecular formula is C115H84BrI2N9. The fourth-order valence-electron chi connectivity index (χ4n) is 20.8. The first-order valence-corrected chi connectivity index (χ1v) is 46.3. The van der Waals surface area contributed by atoms with E-state index in [1.54, 1.807) is 0 Å². The lowest BCUT2D eigenvalue weighted by Crippen LogP contribution is -2.10. The summed E-state index contributed by atoms with van der Waals surface area (Å²) in [5.74, 6) is 0. The average Bonchev–Trinajstić information content (AvgIpc) is 1.54. The zero-order valence-electron chi connectivity index (χ0n) is 72.4. The van der Waals surface area contributed by atoms with Crippen molar-refractivity contribution in [2.24, 2.45) is 0 Å². The van der Waals surface area contributed by atoms with Crippen LogP contribution >= 0.6 is 61.1 Å². The van der Waals surface area contributed by atoms with Gasteiger partial charge in [-0.05, 0) is 283 Å². The molecule has 10 aromatic heterocycles. The maximum Gasteiger partial charge on any atom is 0.0992 e. The molecule has 0 bridgehead atoms. The highest BCUT2D eigenvalue weighted by atomic mass is 127. The van der Waals surface area contributed by atoms with E-state index < -0.39 is 0 Å². The number of halogens is 3. The highest BCUT2D eigenvalue weighted by Gasteiger charge is 2.29. The molecule has 16 aromatic carbocycles. The van der Waals surface area contributed by atoms with Gasteiger partial charge in [-0.2, -0.15) is 15.8 Å². The summed E-state index contributed by atoms with van der Waals surface area (Å²) in [6.07, 6.45) is 0. The van der Waals surface area contributed by atoms with E-state index in [1.807, 2.05) is 24.3 Å². The van der Waals surface area contributed by atoms with Crippen molar-refractivity contribution in [2.75, 3.05) is 0 Å². The Bertz CT molecular complexity index is 8720. The SMILES string of the molecule is Brc1cc2c3ccccc3n3c4ccccc4c(c1)c23.CC(C)(C)c1ccc2c(c1)c1cc(C(C)(C)C)ccc1n2-c1ccc2c(c1)c1cc(C#N)cc3c4cc(-n5c6ccc(C(C)(C)C)cc6c6cc(C(C)(C)C)ccc65)ccc4n2c13.N#Cc1cc2c3cc(I)ccc3n3c4ccc(I)cc4c(c1)c23.N#Cc1cc2c3ccccc3n3c4ccccc4c(c1)c23. The van der Waals surface area contributed by atoms with Crippen molar-refractivity contribution in [1.29, 1.82) is 15.8 Å². The Hall–Kier alpha value is -13.3. The lowest BCUT2D eigenvalue weighted by Gasteiger charge is -2.19. The standard InChI is InChI=1S/C59H56N4.C19H8I2N2.C19H10N2.C18H10BrN/c1-56(2,3)35-13-19-49-41(27-35)42-28-36(57(4,5)6)14-20-50(42)61(49)39-17-23-53-45(31-39)47-25-34(33-60)26-48-46-32-40(18-24-54(46)63(53)55(47)48)62-51-21-15-37(58(7,8)9)29-43(51)44-30-38(59(10,11)12)16-22-52(44)62;20-11-1-3-17-13(7-11)15-5-10(9-22)6-16-14-8-12(21)2-4-18(14)23(17)19(15)16;20-11-12-9-15-13-5-1-3-7-17(13)21-18-8-4-2-6-14(18)16(10-12)19(15)21;19-11-9-14-12-5-1-3-7-16(12)20-17-8-4-2-6-13(17)15(10-11)18(14)20/h13-32H,1-12H3;1-8H;1-10H;1-10H. The maximum atomic E-state index is 10.5. The topological polar surface area (TPSA) is 98.9 Å². The van der Waals surface area contributed by atoms with Gasteiger partial charge in [0.2, 0.25) is 0 Å². The number of hydrogen-bond acceptors (Lipinski definition) is 3. The Morgan fingerprint density at radius 2 is 0.433 bits per heavy atom. The van der Waals surface area contributed by atoms with Crippen molar-refractivity contribution in [3.8, 4) is 29.6 Å². The van der Waals surface area contributed by atoms with E-state index in [9.17, 15) is 15.8 Å². The van der Waals surface area contributed by atoms with E-state index in [0.717, 1.165) is 75.8 Å². The fourth-order valence-corrected chi connectivity index (χ4v) is 22.3. The van der Waals surface area contributed by atoms with Crippen molar-refractivity contribution < 1.29 is 0 Å². The van der Waals surface area contributed by atoms with Crippen molar-refractivity contribution in [2.45, 2.75) is 105 Å². The largest absolute Gasteiger partial charge is 0.309 e. The van der Waals surface area contributed by atoms with Crippen LogP contribution in [-0.4, -0.2) is 26.7 Å². The molecular weight excluding hydrogens is 1840 g/mol. The van der Waals surface area contributed by atoms with Crippen molar-refractivity contribution in [3.63, 3.8) is 0 Å². The first kappa shape index (κ1) is 78.5. The second-order valence-electron chi connectivity index (χ2n) is 38.7. The van der Waals surface area contributed by atoms with Crippen LogP contribution in [0.1, 0.15) is 122 Å². The molecule has 610 valence electrons. The molecule has 127 heavy (non-hydrogen) atoms. The van der Waals surface area contributed by atoms with Gasteiger partial charge in [-0.1, -0.05) is 196 Å². The molecule has 0 unspecified atom stereocenters. The van der Waals surface area contributed by atoms with Crippen LogP contribution in [0.3, 0.4) is 0 Å². The first-order valence-electron chi connectivity index (χ1n) is 43.3. The maximum absolute atomic E-state index is 10.5. The Kier molecular flexibility index (Phi) is 17.4. The minimum Gasteiger partial charge on any atom is -0.309 e. The van der Waals surface area contributed by atoms with Gasteiger partial charge >= 0.3 is 0 Å². The van der Waals surface area contributed by atoms with Crippen molar-refractivity contribution in [1.82, 2.24) is 26.7 Å². The van der Waals surface area contributed by atoms with Crippen molar-refractivity contribution in [3.05, 3.63) is 342 Å². The zero-order chi connectivity index (χ0) is 87.2. The smallest absolute Gasteiger partial charge is 0.0992 e. The predicted octanol–water partition coefficient (Wildman–Crippen LogP) is 32.3. The van der Waals surface area contributed by atoms with E-state index in [2.05, 4.69) is 456 Å². The van der Waals surface area contributed by atoms with Gasteiger partial charge in [0, 0.05) is 131 Å². The van der Waals surface area contributed by atoms with Gasteiger partial charge in [0.05, 0.1) is 123 Å². The minimum atomic E-state index is 0.0295. The molecule has 0 aliphatic heterocycles. The van der Waals surface area contributed by atoms with Crippen LogP contribution in [0, 0.1) is 41.1 Å². The van der Waals surface area contributed by atoms with Crippen molar-refractivity contribution >= 4 is 257 Å². The number of fused-ring (bicyclic) bond motifs is 30. The molecule has 26 aromatic rings. The third-order valence-corrected chi connectivity index (χ3v) is 28.7. The van der Waals surface area contributed by atoms with E-state index in [0.29, 0.717) is 5.56 Å². The molecule has 12 heteroatoms. The van der Waals surface area contributed by atoms with E-state index in [4.69, 9.17) is 0 Å². The number of rotatable bonds is 2. The summed E-state index contributed by atoms with van der Waals surface area (Å²) < 4.78 is 17.9. The van der Waals surface area contributed by atoms with Crippen LogP contribution in [-0.2, 0) is 21.7 Å². The van der Waals surface area contributed by atoms with Crippen LogP contribution in [0.4, 0.5) is 0 Å². The fraction of sp³-hybridized carbons (Fsp3) is 0.139. The lowest BCUT2D eigenvalue weighted by molar-refractivity contribution is 0.590. The van der Waals surface area contributed by atoms with E-state index >= 15 is 0 Å². The number of hydrogen-bond donors (Lipinski definition) is 0. The summed E-state index contributed by atoms with van der Waals surface area (Å²) in [7, 11) is 0. The highest BCUT2D eigenvalue weighted by Crippen LogP contribution is 2.49. The van der Waals surface area contributed by atoms with Gasteiger partial charge < -0.3 is 26.7 Å². The Morgan fingerprint density at radius 3 is 0.693 bits per heavy atom. The van der Waals surface area contributed by atoms with Crippen LogP contribution in [0.5, 0.6) is 0 Å². The molecule has 0 radical (unpaired) electrons. The van der Waals surface area contributed by atoms with E-state index in [1.165, 1.54) is 177 Å². The Labute approximate surface area is 768 Å². The first-order chi connectivity index (χ1) is 61.1. The summed E-state index contributed by atoms with van der Waals surface area (Å²) in [5.41, 5.74) is 29.2. The normalized spacial score (nSPS) is 12.7. The van der Waals surface area contributed by atoms with Gasteiger partial charge in [-0.25, -0.2) is 0 Å². The summed E-state index contributed by atoms with van der Waals surface area (Å²) in [5, 5.41) is 53.7. The zero-order valence-corrected chi connectivity index (χ0v) is 78.3. The molecule has 26 rings (SSSR count). The lowest BCUT2D eigenvalue weighted by atomic mass is 9.85. The third kappa shape index (κ3) is 11.9. The molecule has 10 heterocycles. The van der Waals surface area contributed by atoms with Gasteiger partial charge in [0.25, 0.3) is 0 Å².